The lowest BCUT2D eigenvalue weighted by molar-refractivity contribution is -0.385. The van der Waals surface area contributed by atoms with Gasteiger partial charge in [-0.1, -0.05) is 12.1 Å². The Morgan fingerprint density at radius 1 is 1.00 bits per heavy atom. The number of nitro benzene ring substituents is 1. The number of ether oxygens (including phenoxy) is 4. The molecule has 1 amide bonds. The molecule has 0 bridgehead atoms. The minimum atomic E-state index is -1.24. The van der Waals surface area contributed by atoms with Crippen LogP contribution in [0.3, 0.4) is 0 Å². The van der Waals surface area contributed by atoms with E-state index < -0.39 is 28.6 Å². The Morgan fingerprint density at radius 3 is 2.17 bits per heavy atom. The highest BCUT2D eigenvalue weighted by Crippen LogP contribution is 2.35. The van der Waals surface area contributed by atoms with E-state index in [1.807, 2.05) is 0 Å². The third-order valence-electron chi connectivity index (χ3n) is 3.94. The van der Waals surface area contributed by atoms with E-state index in [-0.39, 0.29) is 17.1 Å². The molecule has 1 N–H and O–H groups in total. The predicted octanol–water partition coefficient (Wildman–Crippen LogP) is 2.80. The van der Waals surface area contributed by atoms with Crippen LogP contribution in [0.15, 0.2) is 36.4 Å². The molecular formula is C19H20N2O8. The van der Waals surface area contributed by atoms with Crippen molar-refractivity contribution < 1.29 is 33.5 Å². The van der Waals surface area contributed by atoms with E-state index in [0.717, 1.165) is 12.1 Å². The molecule has 0 fully saturated rings. The van der Waals surface area contributed by atoms with Crippen molar-refractivity contribution in [3.8, 4) is 17.2 Å². The third-order valence-corrected chi connectivity index (χ3v) is 3.94. The van der Waals surface area contributed by atoms with Crippen molar-refractivity contribution in [1.82, 2.24) is 0 Å². The van der Waals surface area contributed by atoms with E-state index in [4.69, 9.17) is 18.9 Å². The van der Waals surface area contributed by atoms with Crippen molar-refractivity contribution >= 4 is 23.3 Å². The standard InChI is InChI=1S/C19H20N2O8/c1-11(18(22)20-13-7-5-6-8-15(13)26-2)29-19(23)12-9-16(27-3)17(28-4)10-14(12)21(24)25/h5-11H,1-4H3,(H,20,22)/t11-/m0/s1. The second kappa shape index (κ2) is 9.40. The molecule has 0 aliphatic rings. The van der Waals surface area contributed by atoms with Gasteiger partial charge in [-0.2, -0.15) is 0 Å². The number of carbonyl (C=O) groups excluding carboxylic acids is 2. The van der Waals surface area contributed by atoms with E-state index in [1.165, 1.54) is 28.3 Å². The van der Waals surface area contributed by atoms with Gasteiger partial charge in [-0.25, -0.2) is 4.79 Å². The molecule has 0 aromatic heterocycles. The average Bonchev–Trinajstić information content (AvgIpc) is 2.72. The zero-order valence-electron chi connectivity index (χ0n) is 16.3. The monoisotopic (exact) mass is 404 g/mol. The molecule has 10 heteroatoms. The number of methoxy groups -OCH3 is 3. The normalized spacial score (nSPS) is 11.2. The minimum absolute atomic E-state index is 0.0812. The van der Waals surface area contributed by atoms with Crippen LogP contribution < -0.4 is 19.5 Å². The number of esters is 1. The molecule has 154 valence electrons. The van der Waals surface area contributed by atoms with Crippen LogP contribution in [0.5, 0.6) is 17.2 Å². The van der Waals surface area contributed by atoms with E-state index in [2.05, 4.69) is 5.32 Å². The summed E-state index contributed by atoms with van der Waals surface area (Å²) in [6.45, 7) is 1.34. The fraction of sp³-hybridized carbons (Fsp3) is 0.263. The predicted molar refractivity (Wildman–Crippen MR) is 103 cm³/mol. The van der Waals surface area contributed by atoms with E-state index >= 15 is 0 Å². The van der Waals surface area contributed by atoms with Crippen molar-refractivity contribution in [3.05, 3.63) is 52.1 Å². The fourth-order valence-electron chi connectivity index (χ4n) is 2.44. The van der Waals surface area contributed by atoms with E-state index in [9.17, 15) is 19.7 Å². The third kappa shape index (κ3) is 4.92. The van der Waals surface area contributed by atoms with Crippen molar-refractivity contribution in [2.24, 2.45) is 0 Å². The smallest absolute Gasteiger partial charge is 0.346 e. The highest BCUT2D eigenvalue weighted by atomic mass is 16.6. The number of amides is 1. The molecule has 1 atom stereocenters. The number of carbonyl (C=O) groups is 2. The van der Waals surface area contributed by atoms with Gasteiger partial charge in [0.05, 0.1) is 38.0 Å². The minimum Gasteiger partial charge on any atom is -0.495 e. The van der Waals surface area contributed by atoms with Crippen molar-refractivity contribution in [2.45, 2.75) is 13.0 Å². The topological polar surface area (TPSA) is 126 Å². The molecule has 0 saturated heterocycles. The summed E-state index contributed by atoms with van der Waals surface area (Å²) in [6.07, 6.45) is -1.24. The van der Waals surface area contributed by atoms with Gasteiger partial charge < -0.3 is 24.3 Å². The van der Waals surface area contributed by atoms with Gasteiger partial charge in [0.2, 0.25) is 0 Å². The van der Waals surface area contributed by atoms with Gasteiger partial charge in [-0.15, -0.1) is 0 Å². The second-order valence-corrected chi connectivity index (χ2v) is 5.72. The summed E-state index contributed by atoms with van der Waals surface area (Å²) < 4.78 is 20.3. The molecule has 0 aliphatic heterocycles. The summed E-state index contributed by atoms with van der Waals surface area (Å²) in [7, 11) is 4.08. The Balaban J connectivity index is 2.22. The highest BCUT2D eigenvalue weighted by molar-refractivity contribution is 6.00. The number of hydrogen-bond acceptors (Lipinski definition) is 8. The van der Waals surface area contributed by atoms with Gasteiger partial charge in [0, 0.05) is 6.07 Å². The fourth-order valence-corrected chi connectivity index (χ4v) is 2.44. The molecule has 2 aromatic carbocycles. The molecule has 0 unspecified atom stereocenters. The Morgan fingerprint density at radius 2 is 1.59 bits per heavy atom. The summed E-state index contributed by atoms with van der Waals surface area (Å²) in [5, 5.41) is 13.9. The Hall–Kier alpha value is -3.82. The number of hydrogen-bond donors (Lipinski definition) is 1. The van der Waals surface area contributed by atoms with Crippen LogP contribution in [0, 0.1) is 10.1 Å². The van der Waals surface area contributed by atoms with Crippen LogP contribution in [0.2, 0.25) is 0 Å². The zero-order chi connectivity index (χ0) is 21.6. The number of nitrogens with one attached hydrogen (secondary N) is 1. The maximum Gasteiger partial charge on any atom is 0.346 e. The van der Waals surface area contributed by atoms with Crippen LogP contribution in [0.4, 0.5) is 11.4 Å². The average molecular weight is 404 g/mol. The van der Waals surface area contributed by atoms with Crippen LogP contribution in [-0.4, -0.2) is 44.2 Å². The van der Waals surface area contributed by atoms with E-state index in [0.29, 0.717) is 11.4 Å². The summed E-state index contributed by atoms with van der Waals surface area (Å²) in [5.41, 5.74) is -0.519. The first-order valence-electron chi connectivity index (χ1n) is 8.37. The van der Waals surface area contributed by atoms with Crippen molar-refractivity contribution in [3.63, 3.8) is 0 Å². The second-order valence-electron chi connectivity index (χ2n) is 5.72. The molecule has 0 spiro atoms. The number of nitrogens with zero attached hydrogens (tertiary/aromatic N) is 1. The molecule has 2 aromatic rings. The Labute approximate surface area is 166 Å². The number of para-hydroxylation sites is 2. The molecular weight excluding hydrogens is 384 g/mol. The number of benzene rings is 2. The van der Waals surface area contributed by atoms with Gasteiger partial charge in [-0.3, -0.25) is 14.9 Å². The lowest BCUT2D eigenvalue weighted by Crippen LogP contribution is -2.30. The molecule has 2 rings (SSSR count). The van der Waals surface area contributed by atoms with Gasteiger partial charge in [0.15, 0.2) is 17.6 Å². The summed E-state index contributed by atoms with van der Waals surface area (Å²) in [4.78, 5) is 35.4. The summed E-state index contributed by atoms with van der Waals surface area (Å²) in [5.74, 6) is -1.07. The van der Waals surface area contributed by atoms with Crippen LogP contribution in [0.1, 0.15) is 17.3 Å². The molecule has 0 aliphatic carbocycles. The van der Waals surface area contributed by atoms with Gasteiger partial charge in [0.1, 0.15) is 11.3 Å². The number of anilines is 1. The van der Waals surface area contributed by atoms with Crippen LogP contribution >= 0.6 is 0 Å². The first-order valence-corrected chi connectivity index (χ1v) is 8.37. The van der Waals surface area contributed by atoms with Gasteiger partial charge in [-0.05, 0) is 19.1 Å². The van der Waals surface area contributed by atoms with E-state index in [1.54, 1.807) is 24.3 Å². The lowest BCUT2D eigenvalue weighted by atomic mass is 10.1. The van der Waals surface area contributed by atoms with Gasteiger partial charge in [0.25, 0.3) is 11.6 Å². The Kier molecular flexibility index (Phi) is 6.96. The lowest BCUT2D eigenvalue weighted by Gasteiger charge is -2.16. The summed E-state index contributed by atoms with van der Waals surface area (Å²) >= 11 is 0. The Bertz CT molecular complexity index is 928. The summed E-state index contributed by atoms with van der Waals surface area (Å²) in [6, 6.07) is 8.87. The molecule has 0 radical (unpaired) electrons. The molecule has 29 heavy (non-hydrogen) atoms. The quantitative estimate of drug-likeness (QED) is 0.404. The first-order chi connectivity index (χ1) is 13.8. The maximum absolute atomic E-state index is 12.5. The van der Waals surface area contributed by atoms with Crippen LogP contribution in [-0.2, 0) is 9.53 Å². The van der Waals surface area contributed by atoms with Crippen LogP contribution in [0.25, 0.3) is 0 Å². The SMILES string of the molecule is COc1ccccc1NC(=O)[C@H](C)OC(=O)c1cc(OC)c(OC)cc1[N+](=O)[O-]. The molecule has 0 saturated carbocycles. The number of nitro groups is 1. The van der Waals surface area contributed by atoms with Gasteiger partial charge >= 0.3 is 5.97 Å². The van der Waals surface area contributed by atoms with Crippen molar-refractivity contribution in [2.75, 3.05) is 26.6 Å². The largest absolute Gasteiger partial charge is 0.495 e. The first kappa shape index (κ1) is 21.5. The number of rotatable bonds is 8. The van der Waals surface area contributed by atoms with Crippen molar-refractivity contribution in [1.29, 1.82) is 0 Å². The molecule has 0 heterocycles. The molecule has 10 nitrogen and oxygen atoms in total. The maximum atomic E-state index is 12.5. The zero-order valence-corrected chi connectivity index (χ0v) is 16.3. The highest BCUT2D eigenvalue weighted by Gasteiger charge is 2.28.